The van der Waals surface area contributed by atoms with E-state index in [-0.39, 0.29) is 17.9 Å². The van der Waals surface area contributed by atoms with Gasteiger partial charge in [0, 0.05) is 32.6 Å². The number of benzene rings is 1. The number of rotatable bonds is 4. The molecule has 4 rings (SSSR count). The van der Waals surface area contributed by atoms with Gasteiger partial charge >= 0.3 is 0 Å². The number of aromatic nitrogens is 2. The van der Waals surface area contributed by atoms with Crippen molar-refractivity contribution in [3.63, 3.8) is 0 Å². The van der Waals surface area contributed by atoms with Crippen molar-refractivity contribution in [3.05, 3.63) is 53.0 Å². The zero-order chi connectivity index (χ0) is 20.4. The van der Waals surface area contributed by atoms with Crippen LogP contribution in [0.5, 0.6) is 0 Å². The second kappa shape index (κ2) is 8.19. The van der Waals surface area contributed by atoms with Gasteiger partial charge in [0.15, 0.2) is 5.82 Å². The van der Waals surface area contributed by atoms with Gasteiger partial charge in [0.1, 0.15) is 5.82 Å². The Labute approximate surface area is 171 Å². The highest BCUT2D eigenvalue weighted by Crippen LogP contribution is 2.33. The van der Waals surface area contributed by atoms with Gasteiger partial charge in [-0.05, 0) is 24.8 Å². The van der Waals surface area contributed by atoms with Crippen molar-refractivity contribution in [2.75, 3.05) is 25.5 Å². The first-order chi connectivity index (χ1) is 14.1. The lowest BCUT2D eigenvalue weighted by molar-refractivity contribution is -0.131. The van der Waals surface area contributed by atoms with E-state index in [1.807, 2.05) is 47.2 Å². The van der Waals surface area contributed by atoms with E-state index in [2.05, 4.69) is 5.32 Å². The van der Waals surface area contributed by atoms with Crippen LogP contribution in [0.2, 0.25) is 0 Å². The molecule has 1 saturated heterocycles. The Morgan fingerprint density at radius 1 is 1.17 bits per heavy atom. The van der Waals surface area contributed by atoms with Crippen molar-refractivity contribution in [2.45, 2.75) is 45.2 Å². The Morgan fingerprint density at radius 2 is 1.97 bits per heavy atom. The molecule has 0 aliphatic carbocycles. The van der Waals surface area contributed by atoms with Crippen LogP contribution >= 0.6 is 0 Å². The second-order valence-corrected chi connectivity index (χ2v) is 7.70. The van der Waals surface area contributed by atoms with Crippen LogP contribution in [0.3, 0.4) is 0 Å². The largest absolute Gasteiger partial charge is 0.373 e. The third-order valence-electron chi connectivity index (χ3n) is 5.83. The average molecular weight is 393 g/mol. The van der Waals surface area contributed by atoms with Crippen LogP contribution in [0.4, 0.5) is 5.82 Å². The summed E-state index contributed by atoms with van der Waals surface area (Å²) >= 11 is 0. The maximum absolute atomic E-state index is 13.0. The SMILES string of the molecule is CNc1nc([C@H]2CCCN2C(=O)Cc2ccccc2)nc2c1CCN(C(C)=O)C2. The van der Waals surface area contributed by atoms with Gasteiger partial charge in [0.2, 0.25) is 11.8 Å². The molecular formula is C22H27N5O2. The zero-order valence-electron chi connectivity index (χ0n) is 17.0. The number of amides is 2. The fourth-order valence-electron chi connectivity index (χ4n) is 4.28. The molecular weight excluding hydrogens is 366 g/mol. The minimum atomic E-state index is -0.115. The first kappa shape index (κ1) is 19.4. The average Bonchev–Trinajstić information content (AvgIpc) is 3.23. The number of carbonyl (C=O) groups is 2. The lowest BCUT2D eigenvalue weighted by atomic mass is 10.0. The van der Waals surface area contributed by atoms with Crippen LogP contribution in [-0.4, -0.2) is 51.7 Å². The number of nitrogens with zero attached hydrogens (tertiary/aromatic N) is 4. The summed E-state index contributed by atoms with van der Waals surface area (Å²) in [7, 11) is 1.86. The number of nitrogens with one attached hydrogen (secondary N) is 1. The number of fused-ring (bicyclic) bond motifs is 1. The number of anilines is 1. The van der Waals surface area contributed by atoms with Crippen molar-refractivity contribution in [1.29, 1.82) is 0 Å². The summed E-state index contributed by atoms with van der Waals surface area (Å²) in [6.07, 6.45) is 2.94. The third-order valence-corrected chi connectivity index (χ3v) is 5.83. The summed E-state index contributed by atoms with van der Waals surface area (Å²) in [5.41, 5.74) is 2.99. The van der Waals surface area contributed by atoms with Crippen LogP contribution in [-0.2, 0) is 29.0 Å². The predicted octanol–water partition coefficient (Wildman–Crippen LogP) is 2.33. The molecule has 3 heterocycles. The summed E-state index contributed by atoms with van der Waals surface area (Å²) in [6.45, 7) is 3.50. The normalized spacial score (nSPS) is 18.5. The summed E-state index contributed by atoms with van der Waals surface area (Å²) in [6, 6.07) is 9.71. The van der Waals surface area contributed by atoms with Crippen LogP contribution in [0.1, 0.15) is 48.5 Å². The van der Waals surface area contributed by atoms with E-state index >= 15 is 0 Å². The maximum Gasteiger partial charge on any atom is 0.227 e. The quantitative estimate of drug-likeness (QED) is 0.863. The van der Waals surface area contributed by atoms with Gasteiger partial charge in [-0.2, -0.15) is 0 Å². The fourth-order valence-corrected chi connectivity index (χ4v) is 4.28. The topological polar surface area (TPSA) is 78.4 Å². The van der Waals surface area contributed by atoms with Gasteiger partial charge in [0.25, 0.3) is 0 Å². The molecule has 2 amide bonds. The van der Waals surface area contributed by atoms with Crippen molar-refractivity contribution in [3.8, 4) is 0 Å². The molecule has 1 fully saturated rings. The van der Waals surface area contributed by atoms with E-state index in [0.717, 1.165) is 48.4 Å². The molecule has 1 aromatic heterocycles. The number of hydrogen-bond donors (Lipinski definition) is 1. The van der Waals surface area contributed by atoms with Crippen molar-refractivity contribution >= 4 is 17.6 Å². The summed E-state index contributed by atoms with van der Waals surface area (Å²) in [5.74, 6) is 1.66. The molecule has 0 saturated carbocycles. The minimum absolute atomic E-state index is 0.0577. The van der Waals surface area contributed by atoms with E-state index in [1.54, 1.807) is 6.92 Å². The Kier molecular flexibility index (Phi) is 5.47. The predicted molar refractivity (Wildman–Crippen MR) is 110 cm³/mol. The molecule has 2 aliphatic rings. The third kappa shape index (κ3) is 3.95. The van der Waals surface area contributed by atoms with Crippen molar-refractivity contribution in [2.24, 2.45) is 0 Å². The molecule has 0 spiro atoms. The van der Waals surface area contributed by atoms with E-state index in [4.69, 9.17) is 9.97 Å². The van der Waals surface area contributed by atoms with Crippen molar-refractivity contribution < 1.29 is 9.59 Å². The van der Waals surface area contributed by atoms with Crippen LogP contribution in [0.15, 0.2) is 30.3 Å². The molecule has 2 aromatic rings. The van der Waals surface area contributed by atoms with E-state index in [0.29, 0.717) is 25.3 Å². The first-order valence-corrected chi connectivity index (χ1v) is 10.2. The Hall–Kier alpha value is -2.96. The highest BCUT2D eigenvalue weighted by atomic mass is 16.2. The minimum Gasteiger partial charge on any atom is -0.373 e. The zero-order valence-corrected chi connectivity index (χ0v) is 17.0. The Bertz CT molecular complexity index is 915. The van der Waals surface area contributed by atoms with Crippen LogP contribution in [0, 0.1) is 0 Å². The molecule has 29 heavy (non-hydrogen) atoms. The van der Waals surface area contributed by atoms with Gasteiger partial charge in [-0.3, -0.25) is 9.59 Å². The molecule has 0 unspecified atom stereocenters. The summed E-state index contributed by atoms with van der Waals surface area (Å²) < 4.78 is 0. The van der Waals surface area contributed by atoms with Gasteiger partial charge in [-0.25, -0.2) is 9.97 Å². The Morgan fingerprint density at radius 3 is 2.69 bits per heavy atom. The molecule has 0 radical (unpaired) electrons. The molecule has 1 atom stereocenters. The molecule has 2 aliphatic heterocycles. The first-order valence-electron chi connectivity index (χ1n) is 10.2. The number of hydrogen-bond acceptors (Lipinski definition) is 5. The lowest BCUT2D eigenvalue weighted by Gasteiger charge is -2.30. The van der Waals surface area contributed by atoms with E-state index in [1.165, 1.54) is 0 Å². The number of carbonyl (C=O) groups excluding carboxylic acids is 2. The second-order valence-electron chi connectivity index (χ2n) is 7.70. The smallest absolute Gasteiger partial charge is 0.227 e. The number of likely N-dealkylation sites (tertiary alicyclic amines) is 1. The van der Waals surface area contributed by atoms with Gasteiger partial charge < -0.3 is 15.1 Å². The van der Waals surface area contributed by atoms with Gasteiger partial charge in [0.05, 0.1) is 24.7 Å². The maximum atomic E-state index is 13.0. The summed E-state index contributed by atoms with van der Waals surface area (Å²) in [4.78, 5) is 38.2. The summed E-state index contributed by atoms with van der Waals surface area (Å²) in [5, 5.41) is 3.19. The molecule has 1 N–H and O–H groups in total. The molecule has 7 nitrogen and oxygen atoms in total. The highest BCUT2D eigenvalue weighted by Gasteiger charge is 2.33. The van der Waals surface area contributed by atoms with Crippen LogP contribution < -0.4 is 5.32 Å². The molecule has 1 aromatic carbocycles. The van der Waals surface area contributed by atoms with Gasteiger partial charge in [-0.1, -0.05) is 30.3 Å². The standard InChI is InChI=1S/C22H27N5O2/c1-15(28)26-12-10-17-18(14-26)24-22(25-21(17)23-2)19-9-6-11-27(19)20(29)13-16-7-4-3-5-8-16/h3-5,7-8,19H,6,9-14H2,1-2H3,(H,23,24,25)/t19-/m1/s1. The highest BCUT2D eigenvalue weighted by molar-refractivity contribution is 5.79. The van der Waals surface area contributed by atoms with E-state index < -0.39 is 0 Å². The lowest BCUT2D eigenvalue weighted by Crippen LogP contribution is -2.37. The Balaban J connectivity index is 1.60. The fraction of sp³-hybridized carbons (Fsp3) is 0.455. The molecule has 7 heteroatoms. The molecule has 152 valence electrons. The van der Waals surface area contributed by atoms with Crippen LogP contribution in [0.25, 0.3) is 0 Å². The van der Waals surface area contributed by atoms with E-state index in [9.17, 15) is 9.59 Å². The van der Waals surface area contributed by atoms with Crippen molar-refractivity contribution in [1.82, 2.24) is 19.8 Å². The van der Waals surface area contributed by atoms with Gasteiger partial charge in [-0.15, -0.1) is 0 Å². The monoisotopic (exact) mass is 393 g/mol. The molecule has 0 bridgehead atoms.